The fraction of sp³-hybridized carbons (Fsp3) is 1.00. The van der Waals surface area contributed by atoms with E-state index in [2.05, 4.69) is 37.9 Å². The van der Waals surface area contributed by atoms with Gasteiger partial charge in [-0.2, -0.15) is 0 Å². The summed E-state index contributed by atoms with van der Waals surface area (Å²) in [5.41, 5.74) is 0.248. The van der Waals surface area contributed by atoms with Crippen LogP contribution in [0.3, 0.4) is 0 Å². The van der Waals surface area contributed by atoms with Crippen molar-refractivity contribution >= 4 is 0 Å². The van der Waals surface area contributed by atoms with Crippen molar-refractivity contribution < 1.29 is 4.74 Å². The normalized spacial score (nSPS) is 27.9. The molecule has 0 bridgehead atoms. The molecule has 1 heterocycles. The molecule has 1 aliphatic heterocycles. The van der Waals surface area contributed by atoms with E-state index in [0.717, 1.165) is 26.2 Å². The lowest BCUT2D eigenvalue weighted by Gasteiger charge is -2.45. The first-order valence-corrected chi connectivity index (χ1v) is 6.46. The summed E-state index contributed by atoms with van der Waals surface area (Å²) in [5, 5.41) is 3.62. The highest BCUT2D eigenvalue weighted by molar-refractivity contribution is 4.92. The molecule has 1 rings (SSSR count). The van der Waals surface area contributed by atoms with E-state index in [-0.39, 0.29) is 5.54 Å². The molecule has 0 spiro atoms. The Hall–Kier alpha value is -0.120. The minimum atomic E-state index is 0.248. The zero-order valence-electron chi connectivity index (χ0n) is 11.5. The molecule has 1 fully saturated rings. The van der Waals surface area contributed by atoms with Gasteiger partial charge in [0.05, 0.1) is 0 Å². The molecule has 1 N–H and O–H groups in total. The van der Waals surface area contributed by atoms with Gasteiger partial charge in [0.2, 0.25) is 0 Å². The third-order valence-electron chi connectivity index (χ3n) is 3.40. The smallest absolute Gasteiger partial charge is 0.0500 e. The van der Waals surface area contributed by atoms with Crippen molar-refractivity contribution in [3.05, 3.63) is 0 Å². The second-order valence-corrected chi connectivity index (χ2v) is 5.82. The number of ether oxygens (including phenoxy) is 1. The number of hydrogen-bond acceptors (Lipinski definition) is 3. The van der Waals surface area contributed by atoms with Crippen LogP contribution in [0.4, 0.5) is 0 Å². The van der Waals surface area contributed by atoms with E-state index in [9.17, 15) is 0 Å². The molecule has 0 amide bonds. The highest BCUT2D eigenvalue weighted by atomic mass is 16.5. The molecular formula is C13H28N2O. The molecule has 3 nitrogen and oxygen atoms in total. The molecule has 3 heteroatoms. The van der Waals surface area contributed by atoms with Crippen molar-refractivity contribution in [2.75, 3.05) is 33.4 Å². The van der Waals surface area contributed by atoms with Crippen LogP contribution >= 0.6 is 0 Å². The van der Waals surface area contributed by atoms with Gasteiger partial charge >= 0.3 is 0 Å². The Bertz CT molecular complexity index is 206. The molecule has 1 saturated heterocycles. The molecular weight excluding hydrogens is 200 g/mol. The van der Waals surface area contributed by atoms with Crippen LogP contribution in [-0.2, 0) is 4.74 Å². The van der Waals surface area contributed by atoms with Gasteiger partial charge in [0.25, 0.3) is 0 Å². The Morgan fingerprint density at radius 3 is 2.75 bits per heavy atom. The second kappa shape index (κ2) is 5.99. The van der Waals surface area contributed by atoms with Crippen LogP contribution in [0, 0.1) is 5.92 Å². The molecule has 0 aromatic rings. The fourth-order valence-electron chi connectivity index (χ4n) is 2.57. The van der Waals surface area contributed by atoms with Gasteiger partial charge in [0.1, 0.15) is 0 Å². The summed E-state index contributed by atoms with van der Waals surface area (Å²) in [6.45, 7) is 13.4. The van der Waals surface area contributed by atoms with Crippen molar-refractivity contribution in [2.24, 2.45) is 5.92 Å². The van der Waals surface area contributed by atoms with Gasteiger partial charge in [-0.3, -0.25) is 4.90 Å². The molecule has 96 valence electrons. The summed E-state index contributed by atoms with van der Waals surface area (Å²) in [7, 11) is 1.79. The minimum Gasteiger partial charge on any atom is -0.384 e. The highest BCUT2D eigenvalue weighted by Crippen LogP contribution is 2.18. The molecule has 1 aliphatic rings. The predicted octanol–water partition coefficient (Wildman–Crippen LogP) is 1.73. The minimum absolute atomic E-state index is 0.248. The Balaban J connectivity index is 2.51. The maximum absolute atomic E-state index is 5.22. The van der Waals surface area contributed by atoms with E-state index in [4.69, 9.17) is 4.74 Å². The number of nitrogens with one attached hydrogen (secondary N) is 1. The van der Waals surface area contributed by atoms with Crippen LogP contribution in [0.25, 0.3) is 0 Å². The van der Waals surface area contributed by atoms with Crippen LogP contribution in [0.5, 0.6) is 0 Å². The van der Waals surface area contributed by atoms with Crippen molar-refractivity contribution in [3.63, 3.8) is 0 Å². The average Bonchev–Trinajstić information content (AvgIpc) is 2.17. The maximum Gasteiger partial charge on any atom is 0.0500 e. The lowest BCUT2D eigenvalue weighted by Crippen LogP contribution is -2.62. The molecule has 0 aromatic heterocycles. The van der Waals surface area contributed by atoms with Crippen molar-refractivity contribution in [1.82, 2.24) is 10.2 Å². The lowest BCUT2D eigenvalue weighted by atomic mass is 9.96. The molecule has 0 saturated carbocycles. The second-order valence-electron chi connectivity index (χ2n) is 5.82. The number of rotatable bonds is 5. The Morgan fingerprint density at radius 1 is 1.50 bits per heavy atom. The fourth-order valence-corrected chi connectivity index (χ4v) is 2.57. The van der Waals surface area contributed by atoms with Gasteiger partial charge in [-0.25, -0.2) is 0 Å². The average molecular weight is 228 g/mol. The topological polar surface area (TPSA) is 24.5 Å². The van der Waals surface area contributed by atoms with E-state index >= 15 is 0 Å². The molecule has 2 atom stereocenters. The van der Waals surface area contributed by atoms with Gasteiger partial charge in [-0.05, 0) is 26.2 Å². The van der Waals surface area contributed by atoms with Gasteiger partial charge in [-0.15, -0.1) is 0 Å². The largest absolute Gasteiger partial charge is 0.384 e. The SMILES string of the molecule is CCC1CNC(C)(C)CN1CC(C)COC. The maximum atomic E-state index is 5.22. The monoisotopic (exact) mass is 228 g/mol. The van der Waals surface area contributed by atoms with Crippen LogP contribution in [-0.4, -0.2) is 49.8 Å². The van der Waals surface area contributed by atoms with E-state index in [0.29, 0.717) is 12.0 Å². The van der Waals surface area contributed by atoms with Crippen molar-refractivity contribution in [3.8, 4) is 0 Å². The Kier molecular flexibility index (Phi) is 5.22. The predicted molar refractivity (Wildman–Crippen MR) is 68.8 cm³/mol. The first-order chi connectivity index (χ1) is 7.48. The van der Waals surface area contributed by atoms with E-state index in [1.165, 1.54) is 6.42 Å². The Morgan fingerprint density at radius 2 is 2.19 bits per heavy atom. The zero-order valence-corrected chi connectivity index (χ0v) is 11.5. The van der Waals surface area contributed by atoms with Crippen LogP contribution in [0.1, 0.15) is 34.1 Å². The summed E-state index contributed by atoms with van der Waals surface area (Å²) in [6.07, 6.45) is 1.22. The first-order valence-electron chi connectivity index (χ1n) is 6.46. The van der Waals surface area contributed by atoms with E-state index in [1.807, 2.05) is 0 Å². The van der Waals surface area contributed by atoms with E-state index < -0.39 is 0 Å². The number of methoxy groups -OCH3 is 1. The molecule has 16 heavy (non-hydrogen) atoms. The summed E-state index contributed by atoms with van der Waals surface area (Å²) < 4.78 is 5.22. The molecule has 0 aliphatic carbocycles. The molecule has 2 unspecified atom stereocenters. The van der Waals surface area contributed by atoms with Crippen LogP contribution in [0.2, 0.25) is 0 Å². The highest BCUT2D eigenvalue weighted by Gasteiger charge is 2.31. The third-order valence-corrected chi connectivity index (χ3v) is 3.40. The zero-order chi connectivity index (χ0) is 12.2. The lowest BCUT2D eigenvalue weighted by molar-refractivity contribution is 0.0592. The van der Waals surface area contributed by atoms with Gasteiger partial charge < -0.3 is 10.1 Å². The Labute approximate surface area is 101 Å². The van der Waals surface area contributed by atoms with Crippen LogP contribution in [0.15, 0.2) is 0 Å². The van der Waals surface area contributed by atoms with Gasteiger partial charge in [0.15, 0.2) is 0 Å². The summed E-state index contributed by atoms with van der Waals surface area (Å²) in [5.74, 6) is 0.618. The quantitative estimate of drug-likeness (QED) is 0.775. The van der Waals surface area contributed by atoms with Crippen molar-refractivity contribution in [2.45, 2.75) is 45.7 Å². The number of piperazine rings is 1. The van der Waals surface area contributed by atoms with E-state index in [1.54, 1.807) is 7.11 Å². The van der Waals surface area contributed by atoms with Gasteiger partial charge in [0, 0.05) is 44.9 Å². The summed E-state index contributed by atoms with van der Waals surface area (Å²) in [6, 6.07) is 0.687. The van der Waals surface area contributed by atoms with Crippen LogP contribution < -0.4 is 5.32 Å². The molecule has 0 aromatic carbocycles. The number of nitrogens with zero attached hydrogens (tertiary/aromatic N) is 1. The van der Waals surface area contributed by atoms with Gasteiger partial charge in [-0.1, -0.05) is 13.8 Å². The summed E-state index contributed by atoms with van der Waals surface area (Å²) in [4.78, 5) is 2.63. The standard InChI is InChI=1S/C13H28N2O/c1-6-12-7-14-13(3,4)10-15(12)8-11(2)9-16-5/h11-12,14H,6-10H2,1-5H3. The number of hydrogen-bond donors (Lipinski definition) is 1. The third kappa shape index (κ3) is 4.04. The van der Waals surface area contributed by atoms with Crippen molar-refractivity contribution in [1.29, 1.82) is 0 Å². The molecule has 0 radical (unpaired) electrons. The first kappa shape index (κ1) is 13.9. The summed E-state index contributed by atoms with van der Waals surface area (Å²) >= 11 is 0.